The zero-order valence-electron chi connectivity index (χ0n) is 16.8. The van der Waals surface area contributed by atoms with Crippen molar-refractivity contribution < 1.29 is 14.3 Å². The molecule has 1 aliphatic carbocycles. The van der Waals surface area contributed by atoms with Gasteiger partial charge < -0.3 is 19.9 Å². The predicted molar refractivity (Wildman–Crippen MR) is 109 cm³/mol. The summed E-state index contributed by atoms with van der Waals surface area (Å²) in [6.07, 6.45) is 6.60. The molecule has 2 aliphatic rings. The van der Waals surface area contributed by atoms with Crippen molar-refractivity contribution in [2.24, 2.45) is 5.92 Å². The van der Waals surface area contributed by atoms with Gasteiger partial charge in [0.15, 0.2) is 0 Å². The maximum absolute atomic E-state index is 13.2. The third-order valence-electron chi connectivity index (χ3n) is 6.12. The van der Waals surface area contributed by atoms with Crippen LogP contribution in [0.15, 0.2) is 36.5 Å². The lowest BCUT2D eigenvalue weighted by atomic mass is 9.85. The van der Waals surface area contributed by atoms with Gasteiger partial charge in [-0.05, 0) is 44.1 Å². The first-order chi connectivity index (χ1) is 14.2. The molecule has 0 spiro atoms. The first-order valence-electron chi connectivity index (χ1n) is 10.4. The van der Waals surface area contributed by atoms with Crippen molar-refractivity contribution in [3.05, 3.63) is 42.4 Å². The standard InChI is InChI=1S/C22H28N4O3/c1-29-22(28)24-17-11-9-16(10-12-17)21(27)26-13-5-8-19(26)20-23-14-18(25-20)15-6-3-2-4-7-15/h2-4,6-7,14,16-17,19H,5,8-13H2,1H3,(H,23,25)(H,24,28)/t16-,17+,19-/m0/s1. The second-order valence-electron chi connectivity index (χ2n) is 7.92. The van der Waals surface area contributed by atoms with E-state index in [0.717, 1.165) is 62.2 Å². The number of carbonyl (C=O) groups is 2. The quantitative estimate of drug-likeness (QED) is 0.826. The highest BCUT2D eigenvalue weighted by Crippen LogP contribution is 2.35. The van der Waals surface area contributed by atoms with Crippen LogP contribution in [0, 0.1) is 5.92 Å². The van der Waals surface area contributed by atoms with E-state index in [2.05, 4.69) is 32.2 Å². The van der Waals surface area contributed by atoms with Gasteiger partial charge in [0, 0.05) is 18.5 Å². The van der Waals surface area contributed by atoms with Gasteiger partial charge in [-0.15, -0.1) is 0 Å². The number of rotatable bonds is 4. The lowest BCUT2D eigenvalue weighted by Crippen LogP contribution is -2.42. The monoisotopic (exact) mass is 396 g/mol. The smallest absolute Gasteiger partial charge is 0.407 e. The van der Waals surface area contributed by atoms with Crippen LogP contribution in [0.2, 0.25) is 0 Å². The van der Waals surface area contributed by atoms with Crippen molar-refractivity contribution >= 4 is 12.0 Å². The van der Waals surface area contributed by atoms with Crippen LogP contribution in [0.5, 0.6) is 0 Å². The molecule has 1 saturated carbocycles. The summed E-state index contributed by atoms with van der Waals surface area (Å²) in [5.74, 6) is 1.12. The zero-order valence-corrected chi connectivity index (χ0v) is 16.8. The van der Waals surface area contributed by atoms with Gasteiger partial charge in [0.1, 0.15) is 5.82 Å². The van der Waals surface area contributed by atoms with Crippen molar-refractivity contribution in [2.45, 2.75) is 50.6 Å². The van der Waals surface area contributed by atoms with Crippen LogP contribution in [0.1, 0.15) is 50.4 Å². The Balaban J connectivity index is 1.39. The van der Waals surface area contributed by atoms with Gasteiger partial charge in [-0.1, -0.05) is 30.3 Å². The summed E-state index contributed by atoms with van der Waals surface area (Å²) in [5, 5.41) is 2.85. The number of H-pyrrole nitrogens is 1. The maximum Gasteiger partial charge on any atom is 0.407 e. The normalized spacial score (nSPS) is 24.3. The van der Waals surface area contributed by atoms with Gasteiger partial charge >= 0.3 is 6.09 Å². The largest absolute Gasteiger partial charge is 0.453 e. The Bertz CT molecular complexity index is 843. The molecule has 2 heterocycles. The van der Waals surface area contributed by atoms with Crippen molar-refractivity contribution in [3.63, 3.8) is 0 Å². The van der Waals surface area contributed by atoms with E-state index in [1.54, 1.807) is 0 Å². The third-order valence-corrected chi connectivity index (χ3v) is 6.12. The van der Waals surface area contributed by atoms with Crippen molar-refractivity contribution in [1.82, 2.24) is 20.2 Å². The average Bonchev–Trinajstić information content (AvgIpc) is 3.44. The topological polar surface area (TPSA) is 87.3 Å². The predicted octanol–water partition coefficient (Wildman–Crippen LogP) is 3.66. The summed E-state index contributed by atoms with van der Waals surface area (Å²) in [6, 6.07) is 10.2. The molecular formula is C22H28N4O3. The number of amides is 2. The van der Waals surface area contributed by atoms with Crippen LogP contribution in [-0.2, 0) is 9.53 Å². The average molecular weight is 396 g/mol. The highest BCUT2D eigenvalue weighted by Gasteiger charge is 2.37. The highest BCUT2D eigenvalue weighted by atomic mass is 16.5. The van der Waals surface area contributed by atoms with Crippen LogP contribution < -0.4 is 5.32 Å². The Morgan fingerprint density at radius 3 is 2.62 bits per heavy atom. The number of nitrogens with one attached hydrogen (secondary N) is 2. The molecule has 2 amide bonds. The summed E-state index contributed by atoms with van der Waals surface area (Å²) in [7, 11) is 1.37. The van der Waals surface area contributed by atoms with E-state index in [1.807, 2.05) is 29.3 Å². The summed E-state index contributed by atoms with van der Waals surface area (Å²) in [4.78, 5) is 34.6. The van der Waals surface area contributed by atoms with Crippen molar-refractivity contribution in [3.8, 4) is 11.3 Å². The molecule has 7 heteroatoms. The molecule has 0 bridgehead atoms. The van der Waals surface area contributed by atoms with Crippen LogP contribution in [0.4, 0.5) is 4.79 Å². The Labute approximate surface area is 170 Å². The molecule has 4 rings (SSSR count). The van der Waals surface area contributed by atoms with Crippen LogP contribution in [0.25, 0.3) is 11.3 Å². The fourth-order valence-electron chi connectivity index (χ4n) is 4.53. The van der Waals surface area contributed by atoms with Crippen LogP contribution in [-0.4, -0.2) is 46.6 Å². The van der Waals surface area contributed by atoms with E-state index in [-0.39, 0.29) is 23.9 Å². The number of ether oxygens (including phenoxy) is 1. The summed E-state index contributed by atoms with van der Waals surface area (Å²) in [6.45, 7) is 0.783. The minimum atomic E-state index is -0.397. The molecule has 2 fully saturated rings. The van der Waals surface area contributed by atoms with E-state index >= 15 is 0 Å². The molecule has 1 aliphatic heterocycles. The van der Waals surface area contributed by atoms with Gasteiger partial charge in [-0.25, -0.2) is 9.78 Å². The van der Waals surface area contributed by atoms with E-state index in [9.17, 15) is 9.59 Å². The van der Waals surface area contributed by atoms with Gasteiger partial charge in [-0.2, -0.15) is 0 Å². The number of nitrogens with zero attached hydrogens (tertiary/aromatic N) is 2. The van der Waals surface area contributed by atoms with Crippen LogP contribution in [0.3, 0.4) is 0 Å². The molecule has 2 aromatic rings. The Morgan fingerprint density at radius 2 is 1.90 bits per heavy atom. The number of likely N-dealkylation sites (tertiary alicyclic amines) is 1. The summed E-state index contributed by atoms with van der Waals surface area (Å²) >= 11 is 0. The summed E-state index contributed by atoms with van der Waals surface area (Å²) in [5.41, 5.74) is 2.08. The van der Waals surface area contributed by atoms with Gasteiger partial charge in [0.25, 0.3) is 0 Å². The molecule has 0 radical (unpaired) electrons. The number of hydrogen-bond acceptors (Lipinski definition) is 4. The lowest BCUT2D eigenvalue weighted by Gasteiger charge is -2.32. The Kier molecular flexibility index (Phi) is 5.83. The van der Waals surface area contributed by atoms with E-state index < -0.39 is 6.09 Å². The van der Waals surface area contributed by atoms with Crippen molar-refractivity contribution in [2.75, 3.05) is 13.7 Å². The number of benzene rings is 1. The Morgan fingerprint density at radius 1 is 1.14 bits per heavy atom. The molecule has 29 heavy (non-hydrogen) atoms. The number of imidazole rings is 1. The number of carbonyl (C=O) groups excluding carboxylic acids is 2. The molecule has 7 nitrogen and oxygen atoms in total. The molecule has 1 atom stereocenters. The highest BCUT2D eigenvalue weighted by molar-refractivity contribution is 5.79. The molecule has 154 valence electrons. The second kappa shape index (κ2) is 8.68. The SMILES string of the molecule is COC(=O)N[C@H]1CC[C@@H](C(=O)N2CCC[C@H]2c2ncc(-c3ccccc3)[nH]2)CC1. The molecular weight excluding hydrogens is 368 g/mol. The first kappa shape index (κ1) is 19.5. The van der Waals surface area contributed by atoms with E-state index in [0.29, 0.717) is 0 Å². The fourth-order valence-corrected chi connectivity index (χ4v) is 4.53. The minimum absolute atomic E-state index is 0.0193. The van der Waals surface area contributed by atoms with E-state index in [4.69, 9.17) is 0 Å². The number of aromatic nitrogens is 2. The lowest BCUT2D eigenvalue weighted by molar-refractivity contribution is -0.137. The second-order valence-corrected chi connectivity index (χ2v) is 7.92. The van der Waals surface area contributed by atoms with E-state index in [1.165, 1.54) is 7.11 Å². The van der Waals surface area contributed by atoms with Gasteiger partial charge in [0.2, 0.25) is 5.91 Å². The van der Waals surface area contributed by atoms with Gasteiger partial charge in [0.05, 0.1) is 25.0 Å². The number of alkyl carbamates (subject to hydrolysis) is 1. The molecule has 2 N–H and O–H groups in total. The maximum atomic E-state index is 13.2. The number of hydrogen-bond donors (Lipinski definition) is 2. The molecule has 1 saturated heterocycles. The van der Waals surface area contributed by atoms with Gasteiger partial charge in [-0.3, -0.25) is 4.79 Å². The first-order valence-corrected chi connectivity index (χ1v) is 10.4. The van der Waals surface area contributed by atoms with Crippen LogP contribution >= 0.6 is 0 Å². The molecule has 1 aromatic carbocycles. The summed E-state index contributed by atoms with van der Waals surface area (Å²) < 4.78 is 4.67. The number of aromatic amines is 1. The molecule has 0 unspecified atom stereocenters. The zero-order chi connectivity index (χ0) is 20.2. The third kappa shape index (κ3) is 4.28. The Hall–Kier alpha value is -2.83. The number of methoxy groups -OCH3 is 1. The molecule has 1 aromatic heterocycles. The fraction of sp³-hybridized carbons (Fsp3) is 0.500. The minimum Gasteiger partial charge on any atom is -0.453 e. The van der Waals surface area contributed by atoms with Crippen molar-refractivity contribution in [1.29, 1.82) is 0 Å².